The summed E-state index contributed by atoms with van der Waals surface area (Å²) >= 11 is 0. The molecule has 1 fully saturated rings. The van der Waals surface area contributed by atoms with Gasteiger partial charge in [0.1, 0.15) is 6.61 Å². The molecular formula is C19H25N3O2. The van der Waals surface area contributed by atoms with Gasteiger partial charge in [-0.2, -0.15) is 0 Å². The number of ether oxygens (including phenoxy) is 1. The maximum absolute atomic E-state index is 6.01. The van der Waals surface area contributed by atoms with Crippen molar-refractivity contribution < 1.29 is 9.57 Å². The van der Waals surface area contributed by atoms with E-state index in [2.05, 4.69) is 48.2 Å². The largest absolute Gasteiger partial charge is 0.389 e. The van der Waals surface area contributed by atoms with Crippen molar-refractivity contribution in [1.82, 2.24) is 4.90 Å². The van der Waals surface area contributed by atoms with Crippen LogP contribution in [0.1, 0.15) is 19.4 Å². The number of rotatable bonds is 5. The second kappa shape index (κ2) is 7.20. The van der Waals surface area contributed by atoms with E-state index in [1.165, 1.54) is 10.8 Å². The molecule has 24 heavy (non-hydrogen) atoms. The molecule has 0 saturated carbocycles. The van der Waals surface area contributed by atoms with Crippen LogP contribution in [0.3, 0.4) is 0 Å². The first-order valence-electron chi connectivity index (χ1n) is 8.31. The first-order chi connectivity index (χ1) is 11.5. The van der Waals surface area contributed by atoms with Crippen molar-refractivity contribution >= 4 is 16.6 Å². The van der Waals surface area contributed by atoms with Crippen LogP contribution >= 0.6 is 0 Å². The number of hydrogen-bond donors (Lipinski definition) is 1. The number of benzene rings is 2. The second-order valence-corrected chi connectivity index (χ2v) is 6.81. The van der Waals surface area contributed by atoms with E-state index < -0.39 is 0 Å². The minimum absolute atomic E-state index is 0.137. The van der Waals surface area contributed by atoms with Crippen molar-refractivity contribution in [2.24, 2.45) is 10.9 Å². The molecule has 5 heteroatoms. The van der Waals surface area contributed by atoms with Crippen molar-refractivity contribution in [3.05, 3.63) is 48.0 Å². The first kappa shape index (κ1) is 16.7. The summed E-state index contributed by atoms with van der Waals surface area (Å²) in [5.41, 5.74) is 6.98. The Morgan fingerprint density at radius 2 is 2.04 bits per heavy atom. The molecule has 0 aliphatic carbocycles. The molecule has 1 heterocycles. The van der Waals surface area contributed by atoms with Gasteiger partial charge in [0, 0.05) is 13.1 Å². The van der Waals surface area contributed by atoms with Crippen molar-refractivity contribution in [2.75, 3.05) is 26.2 Å². The van der Waals surface area contributed by atoms with E-state index in [-0.39, 0.29) is 5.60 Å². The Morgan fingerprint density at radius 1 is 1.25 bits per heavy atom. The minimum atomic E-state index is -0.137. The van der Waals surface area contributed by atoms with Crippen LogP contribution in [0.4, 0.5) is 0 Å². The van der Waals surface area contributed by atoms with Crippen molar-refractivity contribution in [3.63, 3.8) is 0 Å². The molecule has 0 aromatic heterocycles. The molecule has 1 aliphatic heterocycles. The lowest BCUT2D eigenvalue weighted by Crippen LogP contribution is -2.50. The van der Waals surface area contributed by atoms with Gasteiger partial charge in [-0.15, -0.1) is 0 Å². The molecule has 0 spiro atoms. The molecule has 1 saturated heterocycles. The standard InChI is InChI=1S/C19H25N3O2/c1-19(2)14-22(10-11-23-19)12-18(20)21-24-13-16-8-5-7-15-6-3-4-9-17(15)16/h3-9H,10-14H2,1-2H3,(H2,20,21). The number of nitrogens with zero attached hydrogens (tertiary/aromatic N) is 2. The predicted octanol–water partition coefficient (Wildman–Crippen LogP) is 2.74. The Bertz CT molecular complexity index is 722. The van der Waals surface area contributed by atoms with Crippen molar-refractivity contribution in [2.45, 2.75) is 26.1 Å². The van der Waals surface area contributed by atoms with Crippen LogP contribution in [-0.2, 0) is 16.2 Å². The third-order valence-corrected chi connectivity index (χ3v) is 4.17. The molecule has 2 N–H and O–H groups in total. The summed E-state index contributed by atoms with van der Waals surface area (Å²) < 4.78 is 5.70. The number of morpholine rings is 1. The Hall–Kier alpha value is -2.11. The molecule has 128 valence electrons. The summed E-state index contributed by atoms with van der Waals surface area (Å²) in [6.45, 7) is 7.61. The summed E-state index contributed by atoms with van der Waals surface area (Å²) in [6.07, 6.45) is 0. The normalized spacial score (nSPS) is 18.7. The van der Waals surface area contributed by atoms with E-state index in [4.69, 9.17) is 15.3 Å². The van der Waals surface area contributed by atoms with Gasteiger partial charge in [0.2, 0.25) is 0 Å². The van der Waals surface area contributed by atoms with Crippen LogP contribution in [0.25, 0.3) is 10.8 Å². The Labute approximate surface area is 143 Å². The summed E-state index contributed by atoms with van der Waals surface area (Å²) in [6, 6.07) is 14.4. The average molecular weight is 327 g/mol. The molecule has 5 nitrogen and oxygen atoms in total. The maximum atomic E-state index is 6.01. The number of amidine groups is 1. The van der Waals surface area contributed by atoms with E-state index >= 15 is 0 Å². The van der Waals surface area contributed by atoms with Crippen LogP contribution in [0.5, 0.6) is 0 Å². The van der Waals surface area contributed by atoms with Gasteiger partial charge in [0.05, 0.1) is 18.8 Å². The smallest absolute Gasteiger partial charge is 0.153 e. The fourth-order valence-corrected chi connectivity index (χ4v) is 3.11. The highest BCUT2D eigenvalue weighted by Gasteiger charge is 2.27. The highest BCUT2D eigenvalue weighted by Crippen LogP contribution is 2.19. The SMILES string of the molecule is CC1(C)CN(C/C(N)=N/OCc2cccc3ccccc23)CCO1. The maximum Gasteiger partial charge on any atom is 0.153 e. The first-order valence-corrected chi connectivity index (χ1v) is 8.31. The molecular weight excluding hydrogens is 302 g/mol. The fourth-order valence-electron chi connectivity index (χ4n) is 3.11. The van der Waals surface area contributed by atoms with Crippen LogP contribution in [-0.4, -0.2) is 42.6 Å². The average Bonchev–Trinajstić information content (AvgIpc) is 2.54. The van der Waals surface area contributed by atoms with Gasteiger partial charge in [-0.1, -0.05) is 47.6 Å². The van der Waals surface area contributed by atoms with E-state index in [1.54, 1.807) is 0 Å². The van der Waals surface area contributed by atoms with Crippen molar-refractivity contribution in [1.29, 1.82) is 0 Å². The molecule has 3 rings (SSSR count). The topological polar surface area (TPSA) is 60.1 Å². The lowest BCUT2D eigenvalue weighted by atomic mass is 10.1. The van der Waals surface area contributed by atoms with Gasteiger partial charge in [0.25, 0.3) is 0 Å². The fraction of sp³-hybridized carbons (Fsp3) is 0.421. The third kappa shape index (κ3) is 4.24. The second-order valence-electron chi connectivity index (χ2n) is 6.81. The van der Waals surface area contributed by atoms with Gasteiger partial charge < -0.3 is 15.3 Å². The van der Waals surface area contributed by atoms with E-state index in [0.717, 1.165) is 25.3 Å². The van der Waals surface area contributed by atoms with Crippen LogP contribution in [0, 0.1) is 0 Å². The number of fused-ring (bicyclic) bond motifs is 1. The number of oxime groups is 1. The number of nitrogens with two attached hydrogens (primary N) is 1. The summed E-state index contributed by atoms with van der Waals surface area (Å²) in [7, 11) is 0. The summed E-state index contributed by atoms with van der Waals surface area (Å²) in [4.78, 5) is 7.73. The van der Waals surface area contributed by atoms with E-state index in [1.807, 2.05) is 18.2 Å². The quantitative estimate of drug-likeness (QED) is 0.521. The van der Waals surface area contributed by atoms with Crippen LogP contribution in [0.15, 0.2) is 47.6 Å². The highest BCUT2D eigenvalue weighted by atomic mass is 16.6. The zero-order valence-electron chi connectivity index (χ0n) is 14.4. The Kier molecular flexibility index (Phi) is 5.02. The lowest BCUT2D eigenvalue weighted by molar-refractivity contribution is -0.0821. The van der Waals surface area contributed by atoms with Gasteiger partial charge >= 0.3 is 0 Å². The minimum Gasteiger partial charge on any atom is -0.389 e. The van der Waals surface area contributed by atoms with Crippen LogP contribution in [0.2, 0.25) is 0 Å². The monoisotopic (exact) mass is 327 g/mol. The molecule has 2 aromatic carbocycles. The predicted molar refractivity (Wildman–Crippen MR) is 96.8 cm³/mol. The Balaban J connectivity index is 1.57. The zero-order valence-corrected chi connectivity index (χ0v) is 14.4. The molecule has 0 atom stereocenters. The molecule has 0 bridgehead atoms. The van der Waals surface area contributed by atoms with Gasteiger partial charge in [0.15, 0.2) is 5.84 Å². The van der Waals surface area contributed by atoms with Gasteiger partial charge in [-0.05, 0) is 30.2 Å². The summed E-state index contributed by atoms with van der Waals surface area (Å²) in [5, 5.41) is 6.46. The molecule has 0 amide bonds. The third-order valence-electron chi connectivity index (χ3n) is 4.17. The molecule has 1 aliphatic rings. The molecule has 2 aromatic rings. The lowest BCUT2D eigenvalue weighted by Gasteiger charge is -2.37. The highest BCUT2D eigenvalue weighted by molar-refractivity contribution is 5.85. The van der Waals surface area contributed by atoms with E-state index in [0.29, 0.717) is 19.0 Å². The van der Waals surface area contributed by atoms with Gasteiger partial charge in [-0.3, -0.25) is 4.90 Å². The molecule has 0 radical (unpaired) electrons. The Morgan fingerprint density at radius 3 is 2.88 bits per heavy atom. The van der Waals surface area contributed by atoms with E-state index in [9.17, 15) is 0 Å². The summed E-state index contributed by atoms with van der Waals surface area (Å²) in [5.74, 6) is 0.493. The van der Waals surface area contributed by atoms with Crippen molar-refractivity contribution in [3.8, 4) is 0 Å². The zero-order chi connectivity index (χ0) is 17.0. The number of hydrogen-bond acceptors (Lipinski definition) is 4. The molecule has 0 unspecified atom stereocenters. The van der Waals surface area contributed by atoms with Gasteiger partial charge in [-0.25, -0.2) is 0 Å². The van der Waals surface area contributed by atoms with Crippen LogP contribution < -0.4 is 5.73 Å².